The molecule has 0 aliphatic carbocycles. The molecule has 4 amide bonds. The molecule has 3 saturated heterocycles. The Morgan fingerprint density at radius 2 is 1.50 bits per heavy atom. The van der Waals surface area contributed by atoms with Crippen LogP contribution in [0, 0.1) is 12.3 Å². The number of piperazine rings is 1. The van der Waals surface area contributed by atoms with E-state index in [0.29, 0.717) is 54.0 Å². The van der Waals surface area contributed by atoms with Gasteiger partial charge in [0.15, 0.2) is 0 Å². The van der Waals surface area contributed by atoms with Gasteiger partial charge in [0.2, 0.25) is 11.8 Å². The minimum absolute atomic E-state index is 0.0352. The molecule has 2 aromatic carbocycles. The summed E-state index contributed by atoms with van der Waals surface area (Å²) in [6.07, 6.45) is 1.77. The molecule has 1 N–H and O–H groups in total. The Morgan fingerprint density at radius 3 is 2.14 bits per heavy atom. The van der Waals surface area contributed by atoms with Gasteiger partial charge in [-0.2, -0.15) is 0 Å². The van der Waals surface area contributed by atoms with E-state index in [-0.39, 0.29) is 50.3 Å². The number of carboxylic acids is 1. The molecule has 12 heteroatoms. The highest BCUT2D eigenvalue weighted by Gasteiger charge is 2.47. The second kappa shape index (κ2) is 13.7. The molecule has 0 aromatic heterocycles. The summed E-state index contributed by atoms with van der Waals surface area (Å²) in [6.45, 7) is 6.29. The van der Waals surface area contributed by atoms with Crippen LogP contribution in [0.25, 0.3) is 0 Å². The number of urea groups is 1. The van der Waals surface area contributed by atoms with Gasteiger partial charge in [-0.25, -0.2) is 4.79 Å². The fourth-order valence-corrected chi connectivity index (χ4v) is 6.92. The molecular formula is C32H39Cl2N5O5. The fraction of sp³-hybridized carbons (Fsp3) is 0.500. The van der Waals surface area contributed by atoms with Crippen LogP contribution >= 0.6 is 23.2 Å². The van der Waals surface area contributed by atoms with Gasteiger partial charge in [0.05, 0.1) is 13.0 Å². The first-order chi connectivity index (χ1) is 21.0. The molecule has 1 atom stereocenters. The Bertz CT molecular complexity index is 1390. The number of carboxylic acid groups (broad SMARTS) is 1. The van der Waals surface area contributed by atoms with Crippen LogP contribution in [-0.2, 0) is 20.9 Å². The van der Waals surface area contributed by atoms with Crippen molar-refractivity contribution in [3.63, 3.8) is 0 Å². The van der Waals surface area contributed by atoms with Crippen molar-refractivity contribution < 1.29 is 24.3 Å². The van der Waals surface area contributed by atoms with Crippen molar-refractivity contribution in [2.75, 3.05) is 63.8 Å². The summed E-state index contributed by atoms with van der Waals surface area (Å²) in [5.41, 5.74) is 1.27. The molecule has 1 unspecified atom stereocenters. The summed E-state index contributed by atoms with van der Waals surface area (Å²) >= 11 is 12.6. The minimum Gasteiger partial charge on any atom is -0.481 e. The van der Waals surface area contributed by atoms with Crippen molar-refractivity contribution in [3.05, 3.63) is 63.6 Å². The molecule has 44 heavy (non-hydrogen) atoms. The molecule has 0 saturated carbocycles. The highest BCUT2D eigenvalue weighted by molar-refractivity contribution is 6.35. The molecule has 3 aliphatic rings. The van der Waals surface area contributed by atoms with Crippen LogP contribution in [0.15, 0.2) is 42.5 Å². The van der Waals surface area contributed by atoms with E-state index in [2.05, 4.69) is 4.90 Å². The summed E-state index contributed by atoms with van der Waals surface area (Å²) in [6, 6.07) is 12.2. The largest absolute Gasteiger partial charge is 0.481 e. The van der Waals surface area contributed by atoms with Crippen molar-refractivity contribution in [1.29, 1.82) is 0 Å². The van der Waals surface area contributed by atoms with Crippen molar-refractivity contribution in [1.82, 2.24) is 19.6 Å². The first-order valence-corrected chi connectivity index (χ1v) is 15.8. The van der Waals surface area contributed by atoms with Gasteiger partial charge >= 0.3 is 12.0 Å². The maximum atomic E-state index is 13.9. The van der Waals surface area contributed by atoms with Crippen molar-refractivity contribution in [2.24, 2.45) is 5.41 Å². The maximum Gasteiger partial charge on any atom is 0.324 e. The standard InChI is InChI=1S/C32H39Cl2N5O5/c1-23-4-8-26(9-5-23)39-22-32(18-30(42)43,21-38(31(39)44)19-24-6-7-25(33)16-27(24)34)17-28(40)37-14-12-35(13-15-37)20-29(41)36-10-2-3-11-36/h4-9,16H,2-3,10-15,17-22H2,1H3,(H,42,43). The third-order valence-corrected chi connectivity index (χ3v) is 9.43. The number of hydrogen-bond donors (Lipinski definition) is 1. The molecule has 0 spiro atoms. The summed E-state index contributed by atoms with van der Waals surface area (Å²) < 4.78 is 0. The number of likely N-dealkylation sites (tertiary alicyclic amines) is 1. The number of aliphatic carboxylic acids is 1. The summed E-state index contributed by atoms with van der Waals surface area (Å²) in [4.78, 5) is 61.5. The predicted octanol–water partition coefficient (Wildman–Crippen LogP) is 4.36. The van der Waals surface area contributed by atoms with Gasteiger partial charge in [0.25, 0.3) is 0 Å². The van der Waals surface area contributed by atoms with Gasteiger partial charge in [-0.1, -0.05) is 47.0 Å². The third-order valence-electron chi connectivity index (χ3n) is 8.84. The van der Waals surface area contributed by atoms with E-state index in [1.165, 1.54) is 0 Å². The Kier molecular flexibility index (Phi) is 10.0. The van der Waals surface area contributed by atoms with Gasteiger partial charge in [0.1, 0.15) is 0 Å². The summed E-state index contributed by atoms with van der Waals surface area (Å²) in [5, 5.41) is 10.9. The SMILES string of the molecule is Cc1ccc(N2CC(CC(=O)O)(CC(=O)N3CCN(CC(=O)N4CCCC4)CC3)CN(Cc3ccc(Cl)cc3Cl)C2=O)cc1. The smallest absolute Gasteiger partial charge is 0.324 e. The highest BCUT2D eigenvalue weighted by Crippen LogP contribution is 2.38. The Labute approximate surface area is 268 Å². The number of hydrogen-bond acceptors (Lipinski definition) is 5. The first-order valence-electron chi connectivity index (χ1n) is 15.1. The monoisotopic (exact) mass is 643 g/mol. The molecule has 0 bridgehead atoms. The lowest BCUT2D eigenvalue weighted by molar-refractivity contribution is -0.142. The van der Waals surface area contributed by atoms with Crippen molar-refractivity contribution in [2.45, 2.75) is 39.2 Å². The Hall–Kier alpha value is -3.34. The number of amides is 4. The quantitative estimate of drug-likeness (QED) is 0.435. The molecule has 236 valence electrons. The molecule has 3 aliphatic heterocycles. The normalized spacial score (nSPS) is 21.2. The average molecular weight is 645 g/mol. The zero-order chi connectivity index (χ0) is 31.4. The zero-order valence-electron chi connectivity index (χ0n) is 25.0. The van der Waals surface area contributed by atoms with Gasteiger partial charge in [-0.3, -0.25) is 24.2 Å². The second-order valence-electron chi connectivity index (χ2n) is 12.3. The van der Waals surface area contributed by atoms with Gasteiger partial charge < -0.3 is 19.8 Å². The number of rotatable bonds is 9. The van der Waals surface area contributed by atoms with Crippen LogP contribution in [0.1, 0.15) is 36.8 Å². The van der Waals surface area contributed by atoms with Gasteiger partial charge in [0, 0.05) is 86.5 Å². The van der Waals surface area contributed by atoms with Crippen molar-refractivity contribution >= 4 is 52.7 Å². The third kappa shape index (κ3) is 7.65. The topological polar surface area (TPSA) is 105 Å². The molecule has 10 nitrogen and oxygen atoms in total. The van der Waals surface area contributed by atoms with Gasteiger partial charge in [-0.15, -0.1) is 0 Å². The molecule has 3 heterocycles. The van der Waals surface area contributed by atoms with E-state index in [9.17, 15) is 24.3 Å². The van der Waals surface area contributed by atoms with Crippen LogP contribution < -0.4 is 4.90 Å². The number of aryl methyl sites for hydroxylation is 1. The number of benzene rings is 2. The van der Waals surface area contributed by atoms with Crippen LogP contribution in [0.5, 0.6) is 0 Å². The first kappa shape index (κ1) is 32.1. The predicted molar refractivity (Wildman–Crippen MR) is 169 cm³/mol. The van der Waals surface area contributed by atoms with Crippen LogP contribution in [-0.4, -0.2) is 107 Å². The second-order valence-corrected chi connectivity index (χ2v) is 13.1. The minimum atomic E-state index is -1.05. The Balaban J connectivity index is 1.35. The Morgan fingerprint density at radius 1 is 0.841 bits per heavy atom. The van der Waals surface area contributed by atoms with E-state index in [1.807, 2.05) is 36.1 Å². The fourth-order valence-electron chi connectivity index (χ4n) is 6.45. The van der Waals surface area contributed by atoms with Crippen molar-refractivity contribution in [3.8, 4) is 0 Å². The van der Waals surface area contributed by atoms with Crippen LogP contribution in [0.2, 0.25) is 10.0 Å². The number of halogens is 2. The number of nitrogens with zero attached hydrogens (tertiary/aromatic N) is 5. The molecule has 2 aromatic rings. The molecular weight excluding hydrogens is 605 g/mol. The molecule has 5 rings (SSSR count). The van der Waals surface area contributed by atoms with E-state index >= 15 is 0 Å². The van der Waals surface area contributed by atoms with Crippen LogP contribution in [0.4, 0.5) is 10.5 Å². The maximum absolute atomic E-state index is 13.9. The van der Waals surface area contributed by atoms with Crippen LogP contribution in [0.3, 0.4) is 0 Å². The van der Waals surface area contributed by atoms with E-state index in [1.54, 1.807) is 32.9 Å². The summed E-state index contributed by atoms with van der Waals surface area (Å²) in [5.74, 6) is -1.06. The lowest BCUT2D eigenvalue weighted by Crippen LogP contribution is -2.60. The zero-order valence-corrected chi connectivity index (χ0v) is 26.5. The number of carbonyl (C=O) groups is 4. The van der Waals surface area contributed by atoms with Gasteiger partial charge in [-0.05, 0) is 49.6 Å². The molecule has 3 fully saturated rings. The highest BCUT2D eigenvalue weighted by atomic mass is 35.5. The van der Waals surface area contributed by atoms with E-state index in [4.69, 9.17) is 23.2 Å². The average Bonchev–Trinajstić information content (AvgIpc) is 3.52. The van der Waals surface area contributed by atoms with E-state index in [0.717, 1.165) is 31.5 Å². The number of carbonyl (C=O) groups excluding carboxylic acids is 3. The lowest BCUT2D eigenvalue weighted by Gasteiger charge is -2.48. The number of anilines is 1. The lowest BCUT2D eigenvalue weighted by atomic mass is 9.77. The summed E-state index contributed by atoms with van der Waals surface area (Å²) in [7, 11) is 0. The molecule has 0 radical (unpaired) electrons. The van der Waals surface area contributed by atoms with E-state index < -0.39 is 11.4 Å².